The van der Waals surface area contributed by atoms with Crippen LogP contribution in [-0.2, 0) is 0 Å². The Hall–Kier alpha value is -6.51. The molecule has 0 amide bonds. The molecular formula is C29H3F11N6. The van der Waals surface area contributed by atoms with Crippen LogP contribution in [0.15, 0.2) is 16.7 Å². The number of hydrogen-bond donors (Lipinski definition) is 0. The third kappa shape index (κ3) is 4.49. The van der Waals surface area contributed by atoms with Gasteiger partial charge in [-0.05, 0) is 6.92 Å². The predicted molar refractivity (Wildman–Crippen MR) is 128 cm³/mol. The molecule has 0 unspecified atom stereocenters. The van der Waals surface area contributed by atoms with Crippen LogP contribution in [0.2, 0.25) is 0 Å². The van der Waals surface area contributed by atoms with E-state index in [1.165, 1.54) is 0 Å². The first-order valence-electron chi connectivity index (χ1n) is 11.6. The van der Waals surface area contributed by atoms with E-state index in [-0.39, 0.29) is 0 Å². The Bertz CT molecular complexity index is 2080. The van der Waals surface area contributed by atoms with Gasteiger partial charge in [0.15, 0.2) is 58.2 Å². The van der Waals surface area contributed by atoms with Crippen molar-refractivity contribution in [2.75, 3.05) is 0 Å². The fraction of sp³-hybridized carbons (Fsp3) is 0.0345. The van der Waals surface area contributed by atoms with Crippen molar-refractivity contribution >= 4 is 16.7 Å². The molecule has 0 aliphatic heterocycles. The molecule has 0 radical (unpaired) electrons. The smallest absolute Gasteiger partial charge is 0.219 e. The van der Waals surface area contributed by atoms with Crippen molar-refractivity contribution < 1.29 is 48.3 Å². The van der Waals surface area contributed by atoms with E-state index in [0.29, 0.717) is 0 Å². The summed E-state index contributed by atoms with van der Waals surface area (Å²) < 4.78 is 162. The second-order valence-corrected chi connectivity index (χ2v) is 8.81. The molecule has 1 aromatic heterocycles. The SMILES string of the molecule is Cc1nc(F)c(F)c(/C(C#N)=C2\C(=C(C#N)c3c(F)c(F)c(C#N)c(F)c3F)\C2=C(/C#N)c2c(F)c(F)c(C#N)c(F)c2F)c1F. The first kappa shape index (κ1) is 32.4. The lowest BCUT2D eigenvalue weighted by Crippen LogP contribution is -2.06. The monoisotopic (exact) mass is 644 g/mol. The Kier molecular flexibility index (Phi) is 8.12. The molecule has 2 aromatic carbocycles. The molecule has 6 nitrogen and oxygen atoms in total. The van der Waals surface area contributed by atoms with Crippen molar-refractivity contribution in [1.82, 2.24) is 4.98 Å². The van der Waals surface area contributed by atoms with Crippen molar-refractivity contribution in [2.24, 2.45) is 0 Å². The van der Waals surface area contributed by atoms with E-state index >= 15 is 22.0 Å². The molecular weight excluding hydrogens is 641 g/mol. The maximum Gasteiger partial charge on any atom is 0.250 e. The van der Waals surface area contributed by atoms with Crippen LogP contribution in [-0.4, -0.2) is 4.98 Å². The van der Waals surface area contributed by atoms with Gasteiger partial charge in [0.05, 0.1) is 39.1 Å². The van der Waals surface area contributed by atoms with Crippen LogP contribution in [0.3, 0.4) is 0 Å². The van der Waals surface area contributed by atoms with Crippen molar-refractivity contribution in [3.63, 3.8) is 0 Å². The Morgan fingerprint density at radius 2 is 0.717 bits per heavy atom. The number of aryl methyl sites for hydroxylation is 1. The predicted octanol–water partition coefficient (Wildman–Crippen LogP) is 6.91. The van der Waals surface area contributed by atoms with Gasteiger partial charge >= 0.3 is 0 Å². The summed E-state index contributed by atoms with van der Waals surface area (Å²) >= 11 is 0. The third-order valence-electron chi connectivity index (χ3n) is 6.48. The Balaban J connectivity index is 2.36. The van der Waals surface area contributed by atoms with Crippen molar-refractivity contribution in [3.8, 4) is 30.3 Å². The van der Waals surface area contributed by atoms with Crippen LogP contribution in [0.5, 0.6) is 0 Å². The quantitative estimate of drug-likeness (QED) is 0.132. The van der Waals surface area contributed by atoms with Gasteiger partial charge in [0.2, 0.25) is 5.95 Å². The number of halogens is 11. The van der Waals surface area contributed by atoms with E-state index < -0.39 is 131 Å². The molecule has 0 atom stereocenters. The average Bonchev–Trinajstić information content (AvgIpc) is 3.74. The summed E-state index contributed by atoms with van der Waals surface area (Å²) in [7, 11) is 0. The third-order valence-corrected chi connectivity index (χ3v) is 6.48. The number of pyridine rings is 1. The van der Waals surface area contributed by atoms with E-state index in [1.54, 1.807) is 0 Å². The van der Waals surface area contributed by atoms with Gasteiger partial charge in [-0.2, -0.15) is 30.7 Å². The fourth-order valence-electron chi connectivity index (χ4n) is 4.39. The summed E-state index contributed by atoms with van der Waals surface area (Å²) in [6.45, 7) is 0.767. The van der Waals surface area contributed by atoms with Gasteiger partial charge in [0.1, 0.15) is 41.5 Å². The first-order valence-corrected chi connectivity index (χ1v) is 11.6. The molecule has 226 valence electrons. The normalized spacial score (nSPS) is 15.2. The summed E-state index contributed by atoms with van der Waals surface area (Å²) in [5, 5.41) is 47.1. The molecule has 0 spiro atoms. The molecule has 1 saturated carbocycles. The Labute approximate surface area is 248 Å². The number of hydrogen-bond acceptors (Lipinski definition) is 6. The second-order valence-electron chi connectivity index (χ2n) is 8.81. The topological polar surface area (TPSA) is 132 Å². The summed E-state index contributed by atoms with van der Waals surface area (Å²) in [5.41, 5.74) is -18.6. The van der Waals surface area contributed by atoms with Crippen molar-refractivity contribution in [3.05, 3.63) is 114 Å². The summed E-state index contributed by atoms with van der Waals surface area (Å²) in [4.78, 5) is 2.89. The van der Waals surface area contributed by atoms with Crippen LogP contribution in [0.4, 0.5) is 48.3 Å². The summed E-state index contributed by atoms with van der Waals surface area (Å²) in [6, 6.07) is 4.84. The summed E-state index contributed by atoms with van der Waals surface area (Å²) in [6.07, 6.45) is 0. The molecule has 0 saturated heterocycles. The molecule has 1 fully saturated rings. The first-order chi connectivity index (χ1) is 21.7. The zero-order chi connectivity index (χ0) is 34.5. The molecule has 46 heavy (non-hydrogen) atoms. The highest BCUT2D eigenvalue weighted by atomic mass is 19.2. The van der Waals surface area contributed by atoms with Gasteiger partial charge in [-0.25, -0.2) is 48.9 Å². The van der Waals surface area contributed by atoms with Gasteiger partial charge in [-0.15, -0.1) is 0 Å². The van der Waals surface area contributed by atoms with E-state index in [2.05, 4.69) is 4.98 Å². The molecule has 4 rings (SSSR count). The van der Waals surface area contributed by atoms with Gasteiger partial charge in [0.25, 0.3) is 0 Å². The molecule has 0 bridgehead atoms. The standard InChI is InChI=1S/C29H3F11N6/c1-7-19(30)16(28(39)29(40)46-7)8(2-41)13-14(9(3-42)17-24(35)20(31)11(5-44)21(32)25(17)36)15(13)10(4-43)18-26(37)22(33)12(6-45)23(34)27(18)38/h1H3/b13-8-,14-9+,15-10?. The molecule has 3 aromatic rings. The van der Waals surface area contributed by atoms with Crippen LogP contribution in [0.25, 0.3) is 16.7 Å². The zero-order valence-corrected chi connectivity index (χ0v) is 21.8. The highest BCUT2D eigenvalue weighted by Gasteiger charge is 2.46. The number of nitrogens with zero attached hydrogens (tertiary/aromatic N) is 6. The molecule has 1 heterocycles. The number of rotatable bonds is 3. The van der Waals surface area contributed by atoms with Crippen LogP contribution < -0.4 is 0 Å². The van der Waals surface area contributed by atoms with Crippen molar-refractivity contribution in [2.45, 2.75) is 6.92 Å². The van der Waals surface area contributed by atoms with Gasteiger partial charge in [-0.3, -0.25) is 0 Å². The Morgan fingerprint density at radius 3 is 0.978 bits per heavy atom. The fourth-order valence-corrected chi connectivity index (χ4v) is 4.39. The molecule has 0 N–H and O–H groups in total. The lowest BCUT2D eigenvalue weighted by molar-refractivity contribution is 0.446. The zero-order valence-electron chi connectivity index (χ0n) is 21.8. The highest BCUT2D eigenvalue weighted by molar-refractivity contribution is 6.12. The molecule has 1 aliphatic rings. The number of allylic oxidation sites excluding steroid dienone is 6. The average molecular weight is 644 g/mol. The largest absolute Gasteiger partial charge is 0.250 e. The van der Waals surface area contributed by atoms with E-state index in [9.17, 15) is 42.1 Å². The van der Waals surface area contributed by atoms with Gasteiger partial charge < -0.3 is 0 Å². The van der Waals surface area contributed by atoms with Crippen LogP contribution in [0, 0.1) is 128 Å². The van der Waals surface area contributed by atoms with Gasteiger partial charge in [-0.1, -0.05) is 0 Å². The summed E-state index contributed by atoms with van der Waals surface area (Å²) in [5.74, 6) is -25.3. The van der Waals surface area contributed by atoms with Crippen LogP contribution in [0.1, 0.15) is 33.5 Å². The minimum Gasteiger partial charge on any atom is -0.219 e. The molecule has 1 aliphatic carbocycles. The number of benzene rings is 2. The van der Waals surface area contributed by atoms with E-state index in [4.69, 9.17) is 10.5 Å². The molecule has 17 heteroatoms. The van der Waals surface area contributed by atoms with E-state index in [0.717, 1.165) is 37.3 Å². The van der Waals surface area contributed by atoms with E-state index in [1.807, 2.05) is 0 Å². The van der Waals surface area contributed by atoms with Crippen LogP contribution >= 0.6 is 0 Å². The minimum absolute atomic E-state index is 0.767. The van der Waals surface area contributed by atoms with Gasteiger partial charge in [0, 0.05) is 16.7 Å². The maximum atomic E-state index is 15.1. The second kappa shape index (κ2) is 11.5. The lowest BCUT2D eigenvalue weighted by Gasteiger charge is -2.08. The minimum atomic E-state index is -2.45. The van der Waals surface area contributed by atoms with Crippen molar-refractivity contribution in [1.29, 1.82) is 26.3 Å². The Morgan fingerprint density at radius 1 is 0.435 bits per heavy atom. The number of aromatic nitrogens is 1. The highest BCUT2D eigenvalue weighted by Crippen LogP contribution is 2.57. The lowest BCUT2D eigenvalue weighted by atomic mass is 9.99. The number of nitriles is 5. The maximum absolute atomic E-state index is 15.1.